The highest BCUT2D eigenvalue weighted by Gasteiger charge is 2.46. The van der Waals surface area contributed by atoms with Crippen LogP contribution in [0, 0.1) is 0 Å². The van der Waals surface area contributed by atoms with Crippen molar-refractivity contribution in [3.63, 3.8) is 0 Å². The van der Waals surface area contributed by atoms with E-state index in [1.807, 2.05) is 0 Å². The van der Waals surface area contributed by atoms with Gasteiger partial charge in [0.05, 0.1) is 0 Å². The molecule has 156 valence electrons. The maximum absolute atomic E-state index is 2.58. The summed E-state index contributed by atoms with van der Waals surface area (Å²) in [5.41, 5.74) is 0. The van der Waals surface area contributed by atoms with Crippen molar-refractivity contribution in [3.05, 3.63) is 121 Å². The van der Waals surface area contributed by atoms with Gasteiger partial charge in [-0.1, -0.05) is 129 Å². The first-order valence-electron chi connectivity index (χ1n) is 10.6. The van der Waals surface area contributed by atoms with Gasteiger partial charge in [-0.25, -0.2) is 0 Å². The van der Waals surface area contributed by atoms with Gasteiger partial charge in [0.25, 0.3) is 0 Å². The largest absolute Gasteiger partial charge is 0.0966 e. The zero-order valence-electron chi connectivity index (χ0n) is 18.4. The molecule has 0 atom stereocenters. The second kappa shape index (κ2) is 10.2. The van der Waals surface area contributed by atoms with Crippen LogP contribution in [0.3, 0.4) is 0 Å². The first kappa shape index (κ1) is 22.4. The van der Waals surface area contributed by atoms with Crippen LogP contribution in [-0.2, 0) is 0 Å². The maximum Gasteiger partial charge on any atom is 0.0430 e. The highest BCUT2D eigenvalue weighted by atomic mass is 31.2. The number of hydrogen-bond donors (Lipinski definition) is 0. The summed E-state index contributed by atoms with van der Waals surface area (Å²) in [6, 6.07) is 44.9. The van der Waals surface area contributed by atoms with Gasteiger partial charge in [-0.05, 0) is 57.3 Å². The van der Waals surface area contributed by atoms with Gasteiger partial charge in [-0.3, -0.25) is 0 Å². The summed E-state index contributed by atoms with van der Waals surface area (Å²) in [5, 5.41) is 5.90. The molecular formula is C28H29P3. The van der Waals surface area contributed by atoms with Crippen LogP contribution in [0.5, 0.6) is 0 Å². The maximum atomic E-state index is 2.58. The molecule has 0 spiro atoms. The highest BCUT2D eigenvalue weighted by Crippen LogP contribution is 2.76. The van der Waals surface area contributed by atoms with Gasteiger partial charge in [0.15, 0.2) is 0 Å². The quantitative estimate of drug-likeness (QED) is 0.272. The summed E-state index contributed by atoms with van der Waals surface area (Å²) in [7, 11) is -1.39. The lowest BCUT2D eigenvalue weighted by atomic mass is 10.4. The predicted octanol–water partition coefficient (Wildman–Crippen LogP) is 6.67. The molecule has 0 radical (unpaired) electrons. The first-order valence-corrected chi connectivity index (χ1v) is 15.5. The Balaban J connectivity index is 2.00. The number of rotatable bonds is 7. The Kier molecular flexibility index (Phi) is 7.35. The average Bonchev–Trinajstić information content (AvgIpc) is 2.82. The smallest absolute Gasteiger partial charge is 0.0430 e. The van der Waals surface area contributed by atoms with Gasteiger partial charge < -0.3 is 0 Å². The summed E-state index contributed by atoms with van der Waals surface area (Å²) in [6.07, 6.45) is 0. The van der Waals surface area contributed by atoms with Crippen molar-refractivity contribution < 1.29 is 0 Å². The van der Waals surface area contributed by atoms with E-state index < -0.39 is 15.8 Å². The molecule has 4 aromatic rings. The van der Waals surface area contributed by atoms with E-state index in [0.29, 0.717) is 0 Å². The number of benzene rings is 4. The van der Waals surface area contributed by atoms with Crippen molar-refractivity contribution in [3.8, 4) is 0 Å². The molecule has 0 aliphatic rings. The minimum absolute atomic E-state index is 0.144. The van der Waals surface area contributed by atoms with Crippen LogP contribution >= 0.6 is 23.8 Å². The van der Waals surface area contributed by atoms with E-state index in [-0.39, 0.29) is 12.6 Å². The minimum Gasteiger partial charge on any atom is -0.0966 e. The molecule has 0 bridgehead atoms. The van der Waals surface area contributed by atoms with Crippen LogP contribution in [-0.4, -0.2) is 18.0 Å². The van der Waals surface area contributed by atoms with E-state index in [1.54, 1.807) is 0 Å². The second-order valence-corrected chi connectivity index (χ2v) is 16.8. The molecule has 0 unspecified atom stereocenters. The molecule has 0 saturated carbocycles. The molecular weight excluding hydrogens is 429 g/mol. The number of hydrogen-bond acceptors (Lipinski definition) is 0. The molecule has 0 heterocycles. The highest BCUT2D eigenvalue weighted by molar-refractivity contribution is 8.01. The third-order valence-electron chi connectivity index (χ3n) is 5.75. The van der Waals surface area contributed by atoms with E-state index in [2.05, 4.69) is 142 Å². The van der Waals surface area contributed by atoms with E-state index in [1.165, 1.54) is 21.2 Å². The van der Waals surface area contributed by atoms with Gasteiger partial charge in [-0.15, -0.1) is 0 Å². The lowest BCUT2D eigenvalue weighted by Gasteiger charge is -2.48. The fourth-order valence-corrected chi connectivity index (χ4v) is 15.3. The summed E-state index contributed by atoms with van der Waals surface area (Å²) in [5.74, 6) is 0. The molecule has 3 heteroatoms. The molecule has 0 fully saturated rings. The Morgan fingerprint density at radius 3 is 0.839 bits per heavy atom. The lowest BCUT2D eigenvalue weighted by Crippen LogP contribution is -2.35. The Morgan fingerprint density at radius 2 is 0.645 bits per heavy atom. The van der Waals surface area contributed by atoms with Gasteiger partial charge in [0.1, 0.15) is 0 Å². The lowest BCUT2D eigenvalue weighted by molar-refractivity contribution is 1.26. The van der Waals surface area contributed by atoms with E-state index in [9.17, 15) is 0 Å². The summed E-state index contributed by atoms with van der Waals surface area (Å²) in [4.78, 5) is 0. The molecule has 0 aromatic heterocycles. The summed E-state index contributed by atoms with van der Waals surface area (Å²) in [6.45, 7) is 7.55. The normalized spacial score (nSPS) is 11.9. The Morgan fingerprint density at radius 1 is 0.419 bits per heavy atom. The summed E-state index contributed by atoms with van der Waals surface area (Å²) >= 11 is 0. The van der Waals surface area contributed by atoms with Crippen molar-refractivity contribution in [2.75, 3.05) is 13.3 Å². The van der Waals surface area contributed by atoms with Crippen LogP contribution in [0.2, 0.25) is 0 Å². The van der Waals surface area contributed by atoms with Crippen LogP contribution in [0.4, 0.5) is 0 Å². The molecule has 0 aliphatic heterocycles. The zero-order valence-corrected chi connectivity index (χ0v) is 21.1. The van der Waals surface area contributed by atoms with Gasteiger partial charge >= 0.3 is 0 Å². The van der Waals surface area contributed by atoms with Gasteiger partial charge in [0.2, 0.25) is 0 Å². The fraction of sp³-hybridized carbons (Fsp3) is 0.143. The summed E-state index contributed by atoms with van der Waals surface area (Å²) < 4.78 is 0.144. The molecule has 0 N–H and O–H groups in total. The van der Waals surface area contributed by atoms with Crippen molar-refractivity contribution in [1.82, 2.24) is 0 Å². The van der Waals surface area contributed by atoms with Gasteiger partial charge in [0, 0.05) is 4.64 Å². The van der Waals surface area contributed by atoms with Crippen molar-refractivity contribution in [1.29, 1.82) is 0 Å². The molecule has 4 aromatic carbocycles. The standard InChI is InChI=1S/C28H29P3/c1-28(29(2)3,30(24-16-8-4-9-17-24)25-18-10-5-11-19-25)31(26-20-12-6-13-21-26)27-22-14-7-15-23-27/h4-23H,1-3H3. The van der Waals surface area contributed by atoms with Crippen LogP contribution in [0.15, 0.2) is 121 Å². The minimum atomic E-state index is -0.565. The van der Waals surface area contributed by atoms with E-state index in [4.69, 9.17) is 0 Å². The SMILES string of the molecule is CP(C)C(C)(P(c1ccccc1)c1ccccc1)P(c1ccccc1)c1ccccc1. The van der Waals surface area contributed by atoms with Crippen LogP contribution in [0.1, 0.15) is 6.92 Å². The monoisotopic (exact) mass is 458 g/mol. The van der Waals surface area contributed by atoms with Crippen molar-refractivity contribution >= 4 is 45.0 Å². The topological polar surface area (TPSA) is 0 Å². The molecule has 0 amide bonds. The zero-order chi connectivity index (χ0) is 21.7. The van der Waals surface area contributed by atoms with Crippen molar-refractivity contribution in [2.45, 2.75) is 11.6 Å². The average molecular weight is 458 g/mol. The second-order valence-electron chi connectivity index (χ2n) is 7.88. The fourth-order valence-electron chi connectivity index (χ4n) is 4.08. The van der Waals surface area contributed by atoms with Crippen molar-refractivity contribution in [2.24, 2.45) is 0 Å². The molecule has 0 nitrogen and oxygen atoms in total. The molecule has 0 saturated heterocycles. The van der Waals surface area contributed by atoms with E-state index in [0.717, 1.165) is 0 Å². The van der Waals surface area contributed by atoms with Crippen LogP contribution < -0.4 is 21.2 Å². The van der Waals surface area contributed by atoms with E-state index >= 15 is 0 Å². The molecule has 0 aliphatic carbocycles. The Bertz CT molecular complexity index is 902. The van der Waals surface area contributed by atoms with Gasteiger partial charge in [-0.2, -0.15) is 0 Å². The van der Waals surface area contributed by atoms with Crippen LogP contribution in [0.25, 0.3) is 0 Å². The Hall–Kier alpha value is -1.83. The molecule has 31 heavy (non-hydrogen) atoms. The third kappa shape index (κ3) is 4.69. The third-order valence-corrected chi connectivity index (χ3v) is 17.2. The predicted molar refractivity (Wildman–Crippen MR) is 145 cm³/mol. The molecule has 4 rings (SSSR count). The Labute approximate surface area is 191 Å². The first-order chi connectivity index (χ1) is 15.1.